The lowest BCUT2D eigenvalue weighted by Crippen LogP contribution is -2.48. The van der Waals surface area contributed by atoms with Gasteiger partial charge in [0.1, 0.15) is 0 Å². The van der Waals surface area contributed by atoms with Crippen LogP contribution in [0.25, 0.3) is 0 Å². The van der Waals surface area contributed by atoms with Crippen molar-refractivity contribution in [3.05, 3.63) is 52.2 Å². The van der Waals surface area contributed by atoms with Crippen molar-refractivity contribution in [1.82, 2.24) is 15.5 Å². The van der Waals surface area contributed by atoms with E-state index < -0.39 is 0 Å². The molecular formula is C20H26N4O2S. The number of amides is 3. The van der Waals surface area contributed by atoms with E-state index >= 15 is 0 Å². The maximum absolute atomic E-state index is 12.1. The number of anilines is 1. The van der Waals surface area contributed by atoms with Gasteiger partial charge in [0.2, 0.25) is 5.91 Å². The molecule has 27 heavy (non-hydrogen) atoms. The zero-order valence-corrected chi connectivity index (χ0v) is 16.3. The Hall–Kier alpha value is -2.38. The summed E-state index contributed by atoms with van der Waals surface area (Å²) in [5, 5.41) is 10.9. The highest BCUT2D eigenvalue weighted by Crippen LogP contribution is 2.12. The number of rotatable bonds is 6. The lowest BCUT2D eigenvalue weighted by atomic mass is 10.1. The van der Waals surface area contributed by atoms with Gasteiger partial charge in [-0.3, -0.25) is 9.69 Å². The number of likely N-dealkylation sites (tertiary alicyclic amines) is 1. The Labute approximate surface area is 164 Å². The summed E-state index contributed by atoms with van der Waals surface area (Å²) in [5.74, 6) is 0.0481. The maximum Gasteiger partial charge on any atom is 0.319 e. The van der Waals surface area contributed by atoms with Crippen LogP contribution in [0.4, 0.5) is 10.5 Å². The standard InChI is InChI=1S/C20H26N4O2S/c1-15-4-6-16(7-5-15)22-20(26)23-17-8-10-24(11-9-17)14-19(25)21-13-18-3-2-12-27-18/h2-7,12,17H,8-11,13-14H2,1H3,(H,21,25)(H2,22,23,26). The molecule has 7 heteroatoms. The molecule has 144 valence electrons. The average Bonchev–Trinajstić information content (AvgIpc) is 3.17. The molecular weight excluding hydrogens is 360 g/mol. The van der Waals surface area contributed by atoms with Gasteiger partial charge in [0, 0.05) is 29.7 Å². The molecule has 1 aromatic carbocycles. The molecule has 1 fully saturated rings. The van der Waals surface area contributed by atoms with Crippen LogP contribution >= 0.6 is 11.3 Å². The Morgan fingerprint density at radius 2 is 1.89 bits per heavy atom. The molecule has 0 radical (unpaired) electrons. The third-order valence-electron chi connectivity index (χ3n) is 4.64. The monoisotopic (exact) mass is 386 g/mol. The van der Waals surface area contributed by atoms with Gasteiger partial charge in [-0.1, -0.05) is 23.8 Å². The Morgan fingerprint density at radius 1 is 1.15 bits per heavy atom. The van der Waals surface area contributed by atoms with Gasteiger partial charge in [-0.15, -0.1) is 11.3 Å². The number of aryl methyl sites for hydroxylation is 1. The number of hydrogen-bond donors (Lipinski definition) is 3. The summed E-state index contributed by atoms with van der Waals surface area (Å²) in [6.07, 6.45) is 1.69. The fraction of sp³-hybridized carbons (Fsp3) is 0.400. The molecule has 0 bridgehead atoms. The van der Waals surface area contributed by atoms with E-state index in [4.69, 9.17) is 0 Å². The zero-order chi connectivity index (χ0) is 19.1. The molecule has 3 amide bonds. The quantitative estimate of drug-likeness (QED) is 0.715. The zero-order valence-electron chi connectivity index (χ0n) is 15.5. The van der Waals surface area contributed by atoms with Crippen LogP contribution in [0.1, 0.15) is 23.3 Å². The Balaban J connectivity index is 1.34. The van der Waals surface area contributed by atoms with Crippen molar-refractivity contribution in [3.63, 3.8) is 0 Å². The van der Waals surface area contributed by atoms with Crippen LogP contribution in [0.3, 0.4) is 0 Å². The van der Waals surface area contributed by atoms with Crippen LogP contribution in [-0.4, -0.2) is 42.5 Å². The number of thiophene rings is 1. The van der Waals surface area contributed by atoms with Gasteiger partial charge in [-0.2, -0.15) is 0 Å². The summed E-state index contributed by atoms with van der Waals surface area (Å²) in [6, 6.07) is 11.7. The molecule has 2 aromatic rings. The number of carbonyl (C=O) groups excluding carboxylic acids is 2. The minimum atomic E-state index is -0.175. The predicted molar refractivity (Wildman–Crippen MR) is 109 cm³/mol. The van der Waals surface area contributed by atoms with Crippen LogP contribution in [-0.2, 0) is 11.3 Å². The summed E-state index contributed by atoms with van der Waals surface area (Å²) in [6.45, 7) is 4.63. The SMILES string of the molecule is Cc1ccc(NC(=O)NC2CCN(CC(=O)NCc3cccs3)CC2)cc1. The van der Waals surface area contributed by atoms with Gasteiger partial charge >= 0.3 is 6.03 Å². The van der Waals surface area contributed by atoms with Crippen LogP contribution in [0, 0.1) is 6.92 Å². The first-order valence-corrected chi connectivity index (χ1v) is 10.1. The van der Waals surface area contributed by atoms with Crippen molar-refractivity contribution in [2.75, 3.05) is 25.0 Å². The molecule has 0 atom stereocenters. The first kappa shape index (κ1) is 19.4. The van der Waals surface area contributed by atoms with Crippen LogP contribution in [0.5, 0.6) is 0 Å². The number of piperidine rings is 1. The van der Waals surface area contributed by atoms with E-state index in [0.717, 1.165) is 42.1 Å². The smallest absolute Gasteiger partial charge is 0.319 e. The normalized spacial score (nSPS) is 15.3. The van der Waals surface area contributed by atoms with E-state index in [1.54, 1.807) is 11.3 Å². The molecule has 6 nitrogen and oxygen atoms in total. The van der Waals surface area contributed by atoms with Gasteiger partial charge in [0.05, 0.1) is 13.1 Å². The molecule has 1 aliphatic rings. The van der Waals surface area contributed by atoms with E-state index in [1.807, 2.05) is 48.7 Å². The average molecular weight is 387 g/mol. The molecule has 3 N–H and O–H groups in total. The topological polar surface area (TPSA) is 73.5 Å². The minimum absolute atomic E-state index is 0.0481. The highest BCUT2D eigenvalue weighted by molar-refractivity contribution is 7.09. The first-order valence-electron chi connectivity index (χ1n) is 9.24. The van der Waals surface area contributed by atoms with Crippen molar-refractivity contribution < 1.29 is 9.59 Å². The number of hydrogen-bond acceptors (Lipinski definition) is 4. The van der Waals surface area contributed by atoms with Gasteiger partial charge in [0.25, 0.3) is 0 Å². The molecule has 0 aliphatic carbocycles. The fourth-order valence-electron chi connectivity index (χ4n) is 3.08. The van der Waals surface area contributed by atoms with Gasteiger partial charge in [0.15, 0.2) is 0 Å². The van der Waals surface area contributed by atoms with Gasteiger partial charge < -0.3 is 16.0 Å². The molecule has 0 spiro atoms. The third kappa shape index (κ3) is 6.37. The van der Waals surface area contributed by atoms with Gasteiger partial charge in [-0.05, 0) is 43.3 Å². The number of urea groups is 1. The van der Waals surface area contributed by atoms with E-state index in [0.29, 0.717) is 13.1 Å². The summed E-state index contributed by atoms with van der Waals surface area (Å²) >= 11 is 1.64. The molecule has 2 heterocycles. The molecule has 3 rings (SSSR count). The number of benzene rings is 1. The fourth-order valence-corrected chi connectivity index (χ4v) is 3.73. The van der Waals surface area contributed by atoms with Crippen molar-refractivity contribution >= 4 is 29.0 Å². The second-order valence-corrected chi connectivity index (χ2v) is 7.90. The van der Waals surface area contributed by atoms with E-state index in [-0.39, 0.29) is 18.0 Å². The maximum atomic E-state index is 12.1. The third-order valence-corrected chi connectivity index (χ3v) is 5.52. The minimum Gasteiger partial charge on any atom is -0.350 e. The summed E-state index contributed by atoms with van der Waals surface area (Å²) in [4.78, 5) is 27.5. The second kappa shape index (κ2) is 9.53. The molecule has 0 saturated carbocycles. The Morgan fingerprint density at radius 3 is 2.56 bits per heavy atom. The highest BCUT2D eigenvalue weighted by Gasteiger charge is 2.22. The summed E-state index contributed by atoms with van der Waals surface area (Å²) in [5.41, 5.74) is 1.95. The van der Waals surface area contributed by atoms with Gasteiger partial charge in [-0.25, -0.2) is 4.79 Å². The van der Waals surface area contributed by atoms with Crippen molar-refractivity contribution in [3.8, 4) is 0 Å². The summed E-state index contributed by atoms with van der Waals surface area (Å²) in [7, 11) is 0. The number of carbonyl (C=O) groups is 2. The van der Waals surface area contributed by atoms with Crippen LogP contribution < -0.4 is 16.0 Å². The number of nitrogens with one attached hydrogen (secondary N) is 3. The molecule has 0 unspecified atom stereocenters. The van der Waals surface area contributed by atoms with Crippen LogP contribution in [0.2, 0.25) is 0 Å². The van der Waals surface area contributed by atoms with Crippen molar-refractivity contribution in [1.29, 1.82) is 0 Å². The molecule has 1 aromatic heterocycles. The Bertz CT molecular complexity index is 738. The lowest BCUT2D eigenvalue weighted by Gasteiger charge is -2.31. The Kier molecular flexibility index (Phi) is 6.84. The number of nitrogens with zero attached hydrogens (tertiary/aromatic N) is 1. The largest absolute Gasteiger partial charge is 0.350 e. The summed E-state index contributed by atoms with van der Waals surface area (Å²) < 4.78 is 0. The van der Waals surface area contributed by atoms with Crippen molar-refractivity contribution in [2.45, 2.75) is 32.4 Å². The van der Waals surface area contributed by atoms with E-state index in [2.05, 4.69) is 20.9 Å². The van der Waals surface area contributed by atoms with Crippen LogP contribution in [0.15, 0.2) is 41.8 Å². The second-order valence-electron chi connectivity index (χ2n) is 6.87. The van der Waals surface area contributed by atoms with Crippen molar-refractivity contribution in [2.24, 2.45) is 0 Å². The van der Waals surface area contributed by atoms with E-state index in [9.17, 15) is 9.59 Å². The first-order chi connectivity index (χ1) is 13.1. The predicted octanol–water partition coefficient (Wildman–Crippen LogP) is 2.96. The highest BCUT2D eigenvalue weighted by atomic mass is 32.1. The lowest BCUT2D eigenvalue weighted by molar-refractivity contribution is -0.122. The molecule has 1 aliphatic heterocycles. The van der Waals surface area contributed by atoms with E-state index in [1.165, 1.54) is 0 Å². The molecule has 1 saturated heterocycles.